The molecule has 0 saturated heterocycles. The summed E-state index contributed by atoms with van der Waals surface area (Å²) in [6.45, 7) is 1.75. The number of ether oxygens (including phenoxy) is 1. The summed E-state index contributed by atoms with van der Waals surface area (Å²) in [7, 11) is 1.62. The smallest absolute Gasteiger partial charge is 0.328 e. The van der Waals surface area contributed by atoms with Crippen LogP contribution in [0.2, 0.25) is 0 Å². The molecule has 0 bridgehead atoms. The number of carboxylic acids is 1. The summed E-state index contributed by atoms with van der Waals surface area (Å²) in [6, 6.07) is 9.54. The first-order chi connectivity index (χ1) is 9.61. The molecular weight excluding hydrogens is 254 g/mol. The number of nitrogens with zero attached hydrogens (tertiary/aromatic N) is 1. The lowest BCUT2D eigenvalue weighted by molar-refractivity contribution is -0.131. The molecule has 102 valence electrons. The molecule has 1 aromatic heterocycles. The van der Waals surface area contributed by atoms with Crippen molar-refractivity contribution < 1.29 is 14.6 Å². The van der Waals surface area contributed by atoms with Crippen molar-refractivity contribution in [3.8, 4) is 16.9 Å². The van der Waals surface area contributed by atoms with Crippen LogP contribution >= 0.6 is 0 Å². The zero-order valence-electron chi connectivity index (χ0n) is 11.3. The molecule has 0 aliphatic carbocycles. The van der Waals surface area contributed by atoms with E-state index in [2.05, 4.69) is 4.98 Å². The van der Waals surface area contributed by atoms with Crippen LogP contribution in [0, 0.1) is 0 Å². The number of pyridine rings is 1. The van der Waals surface area contributed by atoms with E-state index in [0.717, 1.165) is 22.4 Å². The van der Waals surface area contributed by atoms with Gasteiger partial charge in [0.25, 0.3) is 0 Å². The first-order valence-electron chi connectivity index (χ1n) is 6.12. The Balaban J connectivity index is 2.47. The number of hydrogen-bond donors (Lipinski definition) is 1. The average Bonchev–Trinajstić information content (AvgIpc) is 2.46. The monoisotopic (exact) mass is 269 g/mol. The van der Waals surface area contributed by atoms with Gasteiger partial charge in [-0.05, 0) is 30.2 Å². The van der Waals surface area contributed by atoms with Crippen molar-refractivity contribution in [1.82, 2.24) is 4.98 Å². The highest BCUT2D eigenvalue weighted by atomic mass is 16.5. The number of carboxylic acid groups (broad SMARTS) is 1. The van der Waals surface area contributed by atoms with Gasteiger partial charge in [-0.15, -0.1) is 0 Å². The number of rotatable bonds is 4. The third-order valence-corrected chi connectivity index (χ3v) is 2.95. The maximum atomic E-state index is 10.7. The first kappa shape index (κ1) is 13.8. The Morgan fingerprint density at radius 3 is 2.75 bits per heavy atom. The molecular formula is C16H15NO3. The Bertz CT molecular complexity index is 662. The molecule has 0 saturated carbocycles. The summed E-state index contributed by atoms with van der Waals surface area (Å²) >= 11 is 0. The molecule has 0 spiro atoms. The lowest BCUT2D eigenvalue weighted by Gasteiger charge is -2.09. The Morgan fingerprint density at radius 1 is 1.30 bits per heavy atom. The highest BCUT2D eigenvalue weighted by Gasteiger charge is 2.07. The second-order valence-corrected chi connectivity index (χ2v) is 4.33. The second kappa shape index (κ2) is 6.02. The molecule has 2 rings (SSSR count). The number of para-hydroxylation sites is 1. The number of allylic oxidation sites excluding steroid dienone is 1. The van der Waals surface area contributed by atoms with Crippen LogP contribution in [-0.2, 0) is 4.79 Å². The van der Waals surface area contributed by atoms with Gasteiger partial charge < -0.3 is 9.84 Å². The van der Waals surface area contributed by atoms with Gasteiger partial charge in [0, 0.05) is 29.6 Å². The lowest BCUT2D eigenvalue weighted by Crippen LogP contribution is -1.92. The number of aromatic nitrogens is 1. The number of aliphatic carboxylic acids is 1. The van der Waals surface area contributed by atoms with E-state index in [1.165, 1.54) is 6.08 Å². The minimum atomic E-state index is -0.967. The second-order valence-electron chi connectivity index (χ2n) is 4.33. The number of methoxy groups -OCH3 is 1. The van der Waals surface area contributed by atoms with Crippen LogP contribution in [0.3, 0.4) is 0 Å². The molecule has 0 fully saturated rings. The Hall–Kier alpha value is -2.62. The fraction of sp³-hybridized carbons (Fsp3) is 0.125. The maximum Gasteiger partial charge on any atom is 0.328 e. The third kappa shape index (κ3) is 3.03. The van der Waals surface area contributed by atoms with Crippen LogP contribution in [0.5, 0.6) is 5.75 Å². The molecule has 0 radical (unpaired) electrons. The lowest BCUT2D eigenvalue weighted by atomic mass is 10.0. The van der Waals surface area contributed by atoms with Crippen molar-refractivity contribution in [3.05, 3.63) is 54.4 Å². The minimum absolute atomic E-state index is 0.654. The maximum absolute atomic E-state index is 10.7. The molecule has 0 aliphatic heterocycles. The van der Waals surface area contributed by atoms with Crippen LogP contribution in [0.25, 0.3) is 16.7 Å². The molecule has 0 unspecified atom stereocenters. The Morgan fingerprint density at radius 2 is 2.05 bits per heavy atom. The van der Waals surface area contributed by atoms with Gasteiger partial charge in [0.2, 0.25) is 0 Å². The van der Waals surface area contributed by atoms with E-state index in [-0.39, 0.29) is 0 Å². The molecule has 1 N–H and O–H groups in total. The van der Waals surface area contributed by atoms with Crippen molar-refractivity contribution in [2.45, 2.75) is 6.92 Å². The fourth-order valence-corrected chi connectivity index (χ4v) is 1.95. The number of hydrogen-bond acceptors (Lipinski definition) is 3. The summed E-state index contributed by atoms with van der Waals surface area (Å²) in [5.41, 5.74) is 3.24. The van der Waals surface area contributed by atoms with Crippen LogP contribution in [0.15, 0.2) is 48.8 Å². The van der Waals surface area contributed by atoms with E-state index in [9.17, 15) is 4.79 Å². The minimum Gasteiger partial charge on any atom is -0.496 e. The average molecular weight is 269 g/mol. The molecule has 0 amide bonds. The molecule has 1 heterocycles. The molecule has 20 heavy (non-hydrogen) atoms. The first-order valence-corrected chi connectivity index (χ1v) is 6.12. The SMILES string of the molecule is COc1ccccc1-c1cncc(/C(C)=C/C(=O)O)c1. The van der Waals surface area contributed by atoms with Gasteiger partial charge in [-0.1, -0.05) is 18.2 Å². The summed E-state index contributed by atoms with van der Waals surface area (Å²) in [5, 5.41) is 8.80. The predicted molar refractivity (Wildman–Crippen MR) is 77.5 cm³/mol. The fourth-order valence-electron chi connectivity index (χ4n) is 1.95. The van der Waals surface area contributed by atoms with Gasteiger partial charge in [-0.25, -0.2) is 4.79 Å². The van der Waals surface area contributed by atoms with Crippen molar-refractivity contribution in [2.24, 2.45) is 0 Å². The molecule has 2 aromatic rings. The highest BCUT2D eigenvalue weighted by Crippen LogP contribution is 2.30. The van der Waals surface area contributed by atoms with E-state index in [1.54, 1.807) is 26.4 Å². The van der Waals surface area contributed by atoms with Crippen molar-refractivity contribution in [3.63, 3.8) is 0 Å². The van der Waals surface area contributed by atoms with Gasteiger partial charge in [0.05, 0.1) is 7.11 Å². The van der Waals surface area contributed by atoms with Gasteiger partial charge in [0.15, 0.2) is 0 Å². The Labute approximate surface area is 117 Å². The normalized spacial score (nSPS) is 11.2. The number of benzene rings is 1. The van der Waals surface area contributed by atoms with E-state index in [1.807, 2.05) is 30.3 Å². The standard InChI is InChI=1S/C16H15NO3/c1-11(7-16(18)19)12-8-13(10-17-9-12)14-5-3-4-6-15(14)20-2/h3-10H,1-2H3,(H,18,19)/b11-7+. The van der Waals surface area contributed by atoms with Crippen molar-refractivity contribution >= 4 is 11.5 Å². The van der Waals surface area contributed by atoms with E-state index in [4.69, 9.17) is 9.84 Å². The van der Waals surface area contributed by atoms with Gasteiger partial charge in [-0.3, -0.25) is 4.98 Å². The molecule has 4 heteroatoms. The Kier molecular flexibility index (Phi) is 4.15. The van der Waals surface area contributed by atoms with Crippen molar-refractivity contribution in [1.29, 1.82) is 0 Å². The molecule has 4 nitrogen and oxygen atoms in total. The largest absolute Gasteiger partial charge is 0.496 e. The quantitative estimate of drug-likeness (QED) is 0.865. The zero-order valence-corrected chi connectivity index (χ0v) is 11.3. The predicted octanol–water partition coefficient (Wildman–Crippen LogP) is 3.25. The summed E-state index contributed by atoms with van der Waals surface area (Å²) < 4.78 is 5.33. The topological polar surface area (TPSA) is 59.4 Å². The molecule has 0 aliphatic rings. The summed E-state index contributed by atoms with van der Waals surface area (Å²) in [4.78, 5) is 14.9. The van der Waals surface area contributed by atoms with E-state index >= 15 is 0 Å². The summed E-state index contributed by atoms with van der Waals surface area (Å²) in [6.07, 6.45) is 4.55. The van der Waals surface area contributed by atoms with E-state index in [0.29, 0.717) is 5.57 Å². The van der Waals surface area contributed by atoms with Gasteiger partial charge in [-0.2, -0.15) is 0 Å². The highest BCUT2D eigenvalue weighted by molar-refractivity contribution is 5.89. The van der Waals surface area contributed by atoms with Crippen molar-refractivity contribution in [2.75, 3.05) is 7.11 Å². The molecule has 0 atom stereocenters. The summed E-state index contributed by atoms with van der Waals surface area (Å²) in [5.74, 6) is -0.212. The third-order valence-electron chi connectivity index (χ3n) is 2.95. The van der Waals surface area contributed by atoms with Crippen LogP contribution in [0.1, 0.15) is 12.5 Å². The number of carbonyl (C=O) groups is 1. The van der Waals surface area contributed by atoms with Crippen LogP contribution in [-0.4, -0.2) is 23.2 Å². The van der Waals surface area contributed by atoms with Gasteiger partial charge in [0.1, 0.15) is 5.75 Å². The zero-order chi connectivity index (χ0) is 14.5. The van der Waals surface area contributed by atoms with Crippen LogP contribution < -0.4 is 4.74 Å². The molecule has 1 aromatic carbocycles. The van der Waals surface area contributed by atoms with Crippen LogP contribution in [0.4, 0.5) is 0 Å². The van der Waals surface area contributed by atoms with E-state index < -0.39 is 5.97 Å². The van der Waals surface area contributed by atoms with Gasteiger partial charge >= 0.3 is 5.97 Å².